The van der Waals surface area contributed by atoms with Gasteiger partial charge in [0.05, 0.1) is 21.4 Å². The normalized spacial score (nSPS) is 13.7. The van der Waals surface area contributed by atoms with E-state index in [1.807, 2.05) is 11.3 Å². The highest BCUT2D eigenvalue weighted by Crippen LogP contribution is 2.49. The molecule has 0 saturated carbocycles. The molecule has 0 aliphatic heterocycles. The average Bonchev–Trinajstić information content (AvgIpc) is 3.71. The number of rotatable bonds is 2. The summed E-state index contributed by atoms with van der Waals surface area (Å²) in [5.41, 5.74) is 13.5. The van der Waals surface area contributed by atoms with Crippen molar-refractivity contribution in [1.29, 1.82) is 0 Å². The first-order valence-corrected chi connectivity index (χ1v) is 16.4. The van der Waals surface area contributed by atoms with Crippen LogP contribution in [0.3, 0.4) is 0 Å². The monoisotopic (exact) mass is 592 g/mol. The van der Waals surface area contributed by atoms with E-state index in [9.17, 15) is 0 Å². The SMILES string of the molecule is CC1(C)c2ccccc2-c2cc(-c3ccc(-c4cc5c6cc7ccccc7cc6sc5c5nc6ccccc6n45)cc3)ccc21. The summed E-state index contributed by atoms with van der Waals surface area (Å²) >= 11 is 1.85. The van der Waals surface area contributed by atoms with Gasteiger partial charge in [-0.05, 0) is 86.1 Å². The van der Waals surface area contributed by atoms with Crippen LogP contribution in [0.15, 0.2) is 133 Å². The number of thiophene rings is 1. The first-order valence-electron chi connectivity index (χ1n) is 15.5. The summed E-state index contributed by atoms with van der Waals surface area (Å²) < 4.78 is 4.89. The van der Waals surface area contributed by atoms with Crippen LogP contribution >= 0.6 is 11.3 Å². The molecule has 0 bridgehead atoms. The van der Waals surface area contributed by atoms with Crippen molar-refractivity contribution < 1.29 is 0 Å². The van der Waals surface area contributed by atoms with Crippen LogP contribution in [-0.4, -0.2) is 9.38 Å². The zero-order chi connectivity index (χ0) is 29.9. The fourth-order valence-corrected chi connectivity index (χ4v) is 8.87. The molecule has 0 amide bonds. The maximum absolute atomic E-state index is 5.20. The van der Waals surface area contributed by atoms with Gasteiger partial charge in [-0.2, -0.15) is 0 Å². The Balaban J connectivity index is 1.17. The molecule has 1 aliphatic rings. The lowest BCUT2D eigenvalue weighted by atomic mass is 9.82. The Bertz CT molecular complexity index is 2670. The number of benzene rings is 6. The van der Waals surface area contributed by atoms with E-state index in [0.717, 1.165) is 22.4 Å². The van der Waals surface area contributed by atoms with E-state index in [4.69, 9.17) is 4.98 Å². The topological polar surface area (TPSA) is 17.3 Å². The molecule has 9 aromatic rings. The van der Waals surface area contributed by atoms with E-state index in [1.165, 1.54) is 69.9 Å². The number of nitrogens with zero attached hydrogens (tertiary/aromatic N) is 2. The van der Waals surface area contributed by atoms with E-state index in [1.54, 1.807) is 0 Å². The lowest BCUT2D eigenvalue weighted by molar-refractivity contribution is 0.660. The molecular formula is C42H28N2S. The van der Waals surface area contributed by atoms with Crippen LogP contribution in [-0.2, 0) is 5.41 Å². The van der Waals surface area contributed by atoms with Gasteiger partial charge in [0, 0.05) is 20.9 Å². The zero-order valence-electron chi connectivity index (χ0n) is 25.0. The van der Waals surface area contributed by atoms with Crippen LogP contribution < -0.4 is 0 Å². The van der Waals surface area contributed by atoms with Crippen molar-refractivity contribution in [3.05, 3.63) is 145 Å². The Hall–Kier alpha value is -5.25. The van der Waals surface area contributed by atoms with Crippen LogP contribution in [0.2, 0.25) is 0 Å². The molecule has 3 heteroatoms. The van der Waals surface area contributed by atoms with Gasteiger partial charge in [-0.3, -0.25) is 4.40 Å². The van der Waals surface area contributed by atoms with Crippen LogP contribution in [0.4, 0.5) is 0 Å². The zero-order valence-corrected chi connectivity index (χ0v) is 25.8. The summed E-state index contributed by atoms with van der Waals surface area (Å²) in [6.45, 7) is 4.67. The minimum atomic E-state index is 0.0179. The summed E-state index contributed by atoms with van der Waals surface area (Å²) in [7, 11) is 0. The molecule has 0 N–H and O–H groups in total. The number of pyridine rings is 1. The summed E-state index contributed by atoms with van der Waals surface area (Å²) in [5.74, 6) is 0. The number of fused-ring (bicyclic) bond motifs is 11. The molecule has 0 radical (unpaired) electrons. The van der Waals surface area contributed by atoms with Crippen molar-refractivity contribution in [3.8, 4) is 33.5 Å². The van der Waals surface area contributed by atoms with Gasteiger partial charge in [0.1, 0.15) is 0 Å². The number of imidazole rings is 1. The van der Waals surface area contributed by atoms with Crippen molar-refractivity contribution in [3.63, 3.8) is 0 Å². The maximum Gasteiger partial charge on any atom is 0.156 e. The largest absolute Gasteiger partial charge is 0.291 e. The third-order valence-corrected chi connectivity index (χ3v) is 11.1. The van der Waals surface area contributed by atoms with Gasteiger partial charge < -0.3 is 0 Å². The van der Waals surface area contributed by atoms with Crippen molar-refractivity contribution >= 4 is 59.0 Å². The molecule has 3 aromatic heterocycles. The summed E-state index contributed by atoms with van der Waals surface area (Å²) in [4.78, 5) is 5.20. The standard InChI is InChI=1S/C42H28N2S/c1-42(2)34-12-6-5-11-30(34)31-21-29(19-20-35(31)42)25-15-17-26(18-16-25)38-24-33-32-22-27-9-3-4-10-28(27)23-39(32)45-40(33)41-43-36-13-7-8-14-37(36)44(38)41/h3-24H,1-2H3. The summed E-state index contributed by atoms with van der Waals surface area (Å²) in [6, 6.07) is 49.2. The second-order valence-electron chi connectivity index (χ2n) is 12.8. The molecule has 0 unspecified atom stereocenters. The van der Waals surface area contributed by atoms with Crippen LogP contribution in [0.5, 0.6) is 0 Å². The summed E-state index contributed by atoms with van der Waals surface area (Å²) in [6.07, 6.45) is 0. The van der Waals surface area contributed by atoms with Crippen molar-refractivity contribution in [2.45, 2.75) is 19.3 Å². The highest BCUT2D eigenvalue weighted by molar-refractivity contribution is 7.26. The molecular weight excluding hydrogens is 565 g/mol. The molecule has 0 atom stereocenters. The molecule has 2 nitrogen and oxygen atoms in total. The fourth-order valence-electron chi connectivity index (χ4n) is 7.68. The fraction of sp³-hybridized carbons (Fsp3) is 0.0714. The Morgan fingerprint density at radius 1 is 0.578 bits per heavy atom. The van der Waals surface area contributed by atoms with Crippen LogP contribution in [0.25, 0.3) is 81.1 Å². The van der Waals surface area contributed by atoms with Crippen molar-refractivity contribution in [1.82, 2.24) is 9.38 Å². The van der Waals surface area contributed by atoms with E-state index in [0.29, 0.717) is 0 Å². The third kappa shape index (κ3) is 3.47. The Morgan fingerprint density at radius 3 is 2.13 bits per heavy atom. The molecule has 0 spiro atoms. The third-order valence-electron chi connectivity index (χ3n) is 9.98. The average molecular weight is 593 g/mol. The van der Waals surface area contributed by atoms with Crippen molar-refractivity contribution in [2.75, 3.05) is 0 Å². The molecule has 1 aliphatic carbocycles. The van der Waals surface area contributed by atoms with Gasteiger partial charge in [0.2, 0.25) is 0 Å². The van der Waals surface area contributed by atoms with Gasteiger partial charge in [0.15, 0.2) is 5.65 Å². The maximum atomic E-state index is 5.20. The van der Waals surface area contributed by atoms with E-state index < -0.39 is 0 Å². The van der Waals surface area contributed by atoms with Gasteiger partial charge >= 0.3 is 0 Å². The van der Waals surface area contributed by atoms with Crippen LogP contribution in [0.1, 0.15) is 25.0 Å². The molecule has 212 valence electrons. The molecule has 10 rings (SSSR count). The van der Waals surface area contributed by atoms with E-state index in [2.05, 4.69) is 152 Å². The van der Waals surface area contributed by atoms with Gasteiger partial charge in [-0.25, -0.2) is 4.98 Å². The van der Waals surface area contributed by atoms with E-state index >= 15 is 0 Å². The highest BCUT2D eigenvalue weighted by Gasteiger charge is 2.35. The second kappa shape index (κ2) is 8.90. The predicted octanol–water partition coefficient (Wildman–Crippen LogP) is 11.6. The second-order valence-corrected chi connectivity index (χ2v) is 13.9. The van der Waals surface area contributed by atoms with Gasteiger partial charge in [-0.1, -0.05) is 111 Å². The summed E-state index contributed by atoms with van der Waals surface area (Å²) in [5, 5.41) is 5.10. The number of para-hydroxylation sites is 2. The number of hydrogen-bond acceptors (Lipinski definition) is 2. The predicted molar refractivity (Wildman–Crippen MR) is 192 cm³/mol. The van der Waals surface area contributed by atoms with Gasteiger partial charge in [-0.15, -0.1) is 11.3 Å². The van der Waals surface area contributed by atoms with E-state index in [-0.39, 0.29) is 5.41 Å². The molecule has 0 saturated heterocycles. The first-order chi connectivity index (χ1) is 22.0. The number of hydrogen-bond donors (Lipinski definition) is 0. The Morgan fingerprint density at radius 2 is 1.27 bits per heavy atom. The minimum Gasteiger partial charge on any atom is -0.291 e. The highest BCUT2D eigenvalue weighted by atomic mass is 32.1. The minimum absolute atomic E-state index is 0.0179. The lowest BCUT2D eigenvalue weighted by Crippen LogP contribution is -2.14. The van der Waals surface area contributed by atoms with Gasteiger partial charge in [0.25, 0.3) is 0 Å². The lowest BCUT2D eigenvalue weighted by Gasteiger charge is -2.21. The first kappa shape index (κ1) is 25.1. The molecule has 45 heavy (non-hydrogen) atoms. The quantitative estimate of drug-likeness (QED) is 0.195. The Labute approximate surface area is 264 Å². The molecule has 0 fully saturated rings. The molecule has 3 heterocycles. The number of aromatic nitrogens is 2. The van der Waals surface area contributed by atoms with Crippen LogP contribution in [0, 0.1) is 0 Å². The Kier molecular flexibility index (Phi) is 4.97. The smallest absolute Gasteiger partial charge is 0.156 e. The molecule has 6 aromatic carbocycles. The van der Waals surface area contributed by atoms with Crippen molar-refractivity contribution in [2.24, 2.45) is 0 Å².